The molecule has 174 valence electrons. The number of thiazole rings is 1. The summed E-state index contributed by atoms with van der Waals surface area (Å²) >= 11 is 3.18. The van der Waals surface area contributed by atoms with Gasteiger partial charge in [0.05, 0.1) is 12.7 Å². The van der Waals surface area contributed by atoms with Gasteiger partial charge in [-0.2, -0.15) is 24.9 Å². The van der Waals surface area contributed by atoms with E-state index >= 15 is 0 Å². The van der Waals surface area contributed by atoms with Gasteiger partial charge >= 0.3 is 6.18 Å². The largest absolute Gasteiger partial charge is 0.493 e. The summed E-state index contributed by atoms with van der Waals surface area (Å²) in [7, 11) is 1.46. The van der Waals surface area contributed by atoms with Gasteiger partial charge in [0.15, 0.2) is 11.5 Å². The SMILES string of the molecule is COc1cc(-c2nc(C(=O)N3CCSCC3)cs2)ccc1OCc1ccccc1C(F)(F)F. The molecule has 2 heterocycles. The summed E-state index contributed by atoms with van der Waals surface area (Å²) in [6.45, 7) is 1.18. The van der Waals surface area contributed by atoms with Crippen molar-refractivity contribution in [2.24, 2.45) is 0 Å². The number of nitrogens with zero attached hydrogens (tertiary/aromatic N) is 2. The van der Waals surface area contributed by atoms with Crippen molar-refractivity contribution in [2.45, 2.75) is 12.8 Å². The Labute approximate surface area is 197 Å². The van der Waals surface area contributed by atoms with E-state index in [9.17, 15) is 18.0 Å². The maximum atomic E-state index is 13.2. The monoisotopic (exact) mass is 494 g/mol. The first-order valence-corrected chi connectivity index (χ1v) is 12.2. The van der Waals surface area contributed by atoms with Gasteiger partial charge in [-0.15, -0.1) is 11.3 Å². The first-order chi connectivity index (χ1) is 15.9. The zero-order chi connectivity index (χ0) is 23.4. The quantitative estimate of drug-likeness (QED) is 0.446. The molecule has 2 aromatic carbocycles. The summed E-state index contributed by atoms with van der Waals surface area (Å²) in [6, 6.07) is 10.4. The molecule has 0 N–H and O–H groups in total. The van der Waals surface area contributed by atoms with Crippen molar-refractivity contribution >= 4 is 29.0 Å². The molecule has 5 nitrogen and oxygen atoms in total. The number of carbonyl (C=O) groups excluding carboxylic acids is 1. The van der Waals surface area contributed by atoms with Gasteiger partial charge in [-0.25, -0.2) is 4.98 Å². The number of hydrogen-bond acceptors (Lipinski definition) is 6. The topological polar surface area (TPSA) is 51.7 Å². The van der Waals surface area contributed by atoms with Gasteiger partial charge in [0.25, 0.3) is 5.91 Å². The van der Waals surface area contributed by atoms with E-state index in [1.807, 2.05) is 16.7 Å². The van der Waals surface area contributed by atoms with Crippen LogP contribution in [0.3, 0.4) is 0 Å². The molecular weight excluding hydrogens is 473 g/mol. The average molecular weight is 495 g/mol. The second-order valence-corrected chi connectivity index (χ2v) is 9.33. The number of methoxy groups -OCH3 is 1. The highest BCUT2D eigenvalue weighted by Crippen LogP contribution is 2.36. The van der Waals surface area contributed by atoms with Gasteiger partial charge in [0.1, 0.15) is 17.3 Å². The molecule has 1 amide bonds. The molecule has 1 saturated heterocycles. The number of carbonyl (C=O) groups is 1. The third-order valence-corrected chi connectivity index (χ3v) is 6.97. The molecule has 0 radical (unpaired) electrons. The van der Waals surface area contributed by atoms with E-state index in [1.165, 1.54) is 30.6 Å². The Bertz CT molecular complexity index is 1130. The molecule has 10 heteroatoms. The smallest absolute Gasteiger partial charge is 0.416 e. The Balaban J connectivity index is 1.50. The van der Waals surface area contributed by atoms with E-state index in [0.29, 0.717) is 35.3 Å². The summed E-state index contributed by atoms with van der Waals surface area (Å²) in [6.07, 6.45) is -4.46. The van der Waals surface area contributed by atoms with Crippen LogP contribution in [0, 0.1) is 0 Å². The molecule has 0 unspecified atom stereocenters. The maximum absolute atomic E-state index is 13.2. The molecule has 1 fully saturated rings. The fourth-order valence-electron chi connectivity index (χ4n) is 3.43. The number of hydrogen-bond donors (Lipinski definition) is 0. The predicted octanol–water partition coefficient (Wildman–Crippen LogP) is 5.61. The number of alkyl halides is 3. The van der Waals surface area contributed by atoms with Crippen LogP contribution in [0.4, 0.5) is 13.2 Å². The van der Waals surface area contributed by atoms with Crippen molar-refractivity contribution in [3.8, 4) is 22.1 Å². The van der Waals surface area contributed by atoms with Crippen LogP contribution in [0.15, 0.2) is 47.8 Å². The first kappa shape index (κ1) is 23.4. The van der Waals surface area contributed by atoms with Gasteiger partial charge in [0, 0.05) is 41.1 Å². The Kier molecular flexibility index (Phi) is 7.14. The fraction of sp³-hybridized carbons (Fsp3) is 0.304. The lowest BCUT2D eigenvalue weighted by atomic mass is 10.1. The molecule has 1 aliphatic rings. The number of halogens is 3. The predicted molar refractivity (Wildman–Crippen MR) is 123 cm³/mol. The molecule has 0 spiro atoms. The van der Waals surface area contributed by atoms with Gasteiger partial charge in [0.2, 0.25) is 0 Å². The van der Waals surface area contributed by atoms with Crippen molar-refractivity contribution < 1.29 is 27.4 Å². The van der Waals surface area contributed by atoms with Crippen LogP contribution in [-0.2, 0) is 12.8 Å². The van der Waals surface area contributed by atoms with Gasteiger partial charge in [-0.05, 0) is 24.3 Å². The minimum absolute atomic E-state index is 0.0373. The molecule has 0 saturated carbocycles. The van der Waals surface area contributed by atoms with Crippen LogP contribution in [-0.4, -0.2) is 47.5 Å². The van der Waals surface area contributed by atoms with E-state index in [-0.39, 0.29) is 18.1 Å². The van der Waals surface area contributed by atoms with E-state index in [1.54, 1.807) is 29.6 Å². The standard InChI is InChI=1S/C23H21F3N2O3S2/c1-30-20-12-15(21-27-18(14-33-21)22(29)28-8-10-32-11-9-28)6-7-19(20)31-13-16-4-2-3-5-17(16)23(24,25)26/h2-7,12,14H,8-11,13H2,1H3. The summed E-state index contributed by atoms with van der Waals surface area (Å²) in [5.74, 6) is 2.46. The summed E-state index contributed by atoms with van der Waals surface area (Å²) in [4.78, 5) is 19.0. The van der Waals surface area contributed by atoms with Crippen LogP contribution < -0.4 is 9.47 Å². The minimum Gasteiger partial charge on any atom is -0.493 e. The van der Waals surface area contributed by atoms with Crippen molar-refractivity contribution in [1.82, 2.24) is 9.88 Å². The van der Waals surface area contributed by atoms with Crippen LogP contribution in [0.1, 0.15) is 21.6 Å². The van der Waals surface area contributed by atoms with Crippen LogP contribution >= 0.6 is 23.1 Å². The molecule has 1 aliphatic heterocycles. The van der Waals surface area contributed by atoms with Gasteiger partial charge < -0.3 is 14.4 Å². The number of thioether (sulfide) groups is 1. The number of amides is 1. The van der Waals surface area contributed by atoms with E-state index in [4.69, 9.17) is 9.47 Å². The minimum atomic E-state index is -4.46. The fourth-order valence-corrected chi connectivity index (χ4v) is 5.13. The molecular formula is C23H21F3N2O3S2. The third kappa shape index (κ3) is 5.44. The summed E-state index contributed by atoms with van der Waals surface area (Å²) in [5, 5.41) is 2.39. The second-order valence-electron chi connectivity index (χ2n) is 7.25. The van der Waals surface area contributed by atoms with E-state index < -0.39 is 11.7 Å². The first-order valence-electron chi connectivity index (χ1n) is 10.2. The molecule has 33 heavy (non-hydrogen) atoms. The van der Waals surface area contributed by atoms with Crippen molar-refractivity contribution in [3.63, 3.8) is 0 Å². The lowest BCUT2D eigenvalue weighted by Gasteiger charge is -2.25. The van der Waals surface area contributed by atoms with Crippen LogP contribution in [0.2, 0.25) is 0 Å². The number of aromatic nitrogens is 1. The number of benzene rings is 2. The Morgan fingerprint density at radius 2 is 1.88 bits per heavy atom. The van der Waals surface area contributed by atoms with Crippen molar-refractivity contribution in [3.05, 3.63) is 64.7 Å². The van der Waals surface area contributed by atoms with Crippen molar-refractivity contribution in [2.75, 3.05) is 31.7 Å². The Morgan fingerprint density at radius 3 is 2.61 bits per heavy atom. The summed E-state index contributed by atoms with van der Waals surface area (Å²) in [5.41, 5.74) is 0.446. The highest BCUT2D eigenvalue weighted by atomic mass is 32.2. The lowest BCUT2D eigenvalue weighted by Crippen LogP contribution is -2.38. The molecule has 4 rings (SSSR count). The lowest BCUT2D eigenvalue weighted by molar-refractivity contribution is -0.138. The molecule has 0 bridgehead atoms. The van der Waals surface area contributed by atoms with Gasteiger partial charge in [-0.1, -0.05) is 18.2 Å². The Morgan fingerprint density at radius 1 is 1.12 bits per heavy atom. The van der Waals surface area contributed by atoms with Gasteiger partial charge in [-0.3, -0.25) is 4.79 Å². The highest BCUT2D eigenvalue weighted by Gasteiger charge is 2.33. The molecule has 0 atom stereocenters. The number of ether oxygens (including phenoxy) is 2. The molecule has 0 aliphatic carbocycles. The second kappa shape index (κ2) is 10.0. The zero-order valence-corrected chi connectivity index (χ0v) is 19.4. The van der Waals surface area contributed by atoms with Crippen LogP contribution in [0.25, 0.3) is 10.6 Å². The maximum Gasteiger partial charge on any atom is 0.416 e. The average Bonchev–Trinajstić information content (AvgIpc) is 3.32. The third-order valence-electron chi connectivity index (χ3n) is 5.14. The van der Waals surface area contributed by atoms with E-state index in [0.717, 1.165) is 23.1 Å². The zero-order valence-electron chi connectivity index (χ0n) is 17.7. The number of rotatable bonds is 6. The van der Waals surface area contributed by atoms with E-state index in [2.05, 4.69) is 4.98 Å². The molecule has 1 aromatic heterocycles. The van der Waals surface area contributed by atoms with Crippen LogP contribution in [0.5, 0.6) is 11.5 Å². The van der Waals surface area contributed by atoms with Crippen molar-refractivity contribution in [1.29, 1.82) is 0 Å². The Hall–Kier alpha value is -2.72. The molecule has 3 aromatic rings. The normalized spacial score (nSPS) is 14.2. The highest BCUT2D eigenvalue weighted by molar-refractivity contribution is 7.99. The summed E-state index contributed by atoms with van der Waals surface area (Å²) < 4.78 is 50.7.